The highest BCUT2D eigenvalue weighted by molar-refractivity contribution is 6.31. The quantitative estimate of drug-likeness (QED) is 0.0333. The number of nitrogens with zero attached hydrogens (tertiary/aromatic N) is 5. The van der Waals surface area contributed by atoms with Crippen LogP contribution in [0.25, 0.3) is 10.9 Å². The molecule has 4 aromatic carbocycles. The number of alkyl halides is 7. The van der Waals surface area contributed by atoms with Crippen LogP contribution in [-0.2, 0) is 48.0 Å². The minimum Gasteiger partial charge on any atom is -0.479 e. The van der Waals surface area contributed by atoms with E-state index in [1.165, 1.54) is 72.1 Å². The Morgan fingerprint density at radius 1 is 0.537 bits per heavy atom. The number of esters is 1. The number of halogens is 10. The Hall–Kier alpha value is -8.96. The lowest BCUT2D eigenvalue weighted by Crippen LogP contribution is -2.70. The minimum absolute atomic E-state index is 0.0488. The second-order valence-corrected chi connectivity index (χ2v) is 44.6. The molecule has 3 aliphatic heterocycles. The first kappa shape index (κ1) is 98.1. The number of terminal acetylenes is 1. The molecule has 12 fully saturated rings. The molecule has 4 N–H and O–H groups in total. The molecule has 0 amide bonds. The summed E-state index contributed by atoms with van der Waals surface area (Å²) >= 11 is 23.7. The van der Waals surface area contributed by atoms with E-state index in [2.05, 4.69) is 35.7 Å². The highest BCUT2D eigenvalue weighted by Gasteiger charge is 2.85. The van der Waals surface area contributed by atoms with Gasteiger partial charge >= 0.3 is 11.9 Å². The standard InChI is InChI=1S/C32H35ClF2N2O4.C32H36ClF2NO5.C27H28ClF2NO5.C9H7N.C5H7Cl/c1-28(2,17-36)14-27(40)32-18(16-37(41-32)20-7-5-19(33)6-8-20)11-22-23-13-25(34)24-12-21(38)9-10-29(24,3)31(23,35)26(39)15-30(22,32)4;1-6-28(2,3)40-27(39)32-18(17-36(41-32)20-9-7-19(33)8-10-20)13-22-23-15-25(34)24-14-21(37)11-12-29(24,4)31(23,35)26(38)16-30(22,32)5;1-24-8-7-17(32)10-20(24)21(29)11-19-18-9-14-13-31(16-5-3-15(28)4-6-16)36-27(14,23(34)35)25(18,2)12-22(33)26(19,24)30;1-2-6-9-8(4-1)5-3-7-10-9;1-4-5(2,3)6/h5-10,12,18,22-23,25-26,39H,11,13-16H2,1-4H3;6-12,14,18,22-23,25-26,38H,1,13,15-17H2,2-5H3;3-8,10,14,18-19,21-22,33H,9,11-13H2,1-2H3,(H,34,35);1-7H;1H,2-3H3/t2*18-,22-,23-,25-,26-,29-,30-,31-,32-;14-,18-,19-,21-,22-,24-,25-,26-,27-;;/m000../s1. The van der Waals surface area contributed by atoms with E-state index in [9.17, 15) is 54.5 Å². The molecule has 15 aliphatic rings. The highest BCUT2D eigenvalue weighted by Crippen LogP contribution is 2.78. The molecule has 5 aromatic rings. The number of benzene rings is 4. The van der Waals surface area contributed by atoms with Gasteiger partial charge in [-0.1, -0.05) is 111 Å². The van der Waals surface area contributed by atoms with Gasteiger partial charge in [0.1, 0.15) is 24.1 Å². The number of carbonyl (C=O) groups is 6. The number of hydrogen-bond donors (Lipinski definition) is 4. The lowest BCUT2D eigenvalue weighted by molar-refractivity contribution is -0.238. The molecule has 4 heterocycles. The number of pyridine rings is 1. The molecule has 0 spiro atoms. The lowest BCUT2D eigenvalue weighted by Gasteiger charge is -2.63. The molecule has 20 rings (SSSR count). The van der Waals surface area contributed by atoms with E-state index in [0.717, 1.165) is 11.6 Å². The van der Waals surface area contributed by atoms with Crippen LogP contribution in [0.3, 0.4) is 0 Å². The topological polar surface area (TPSA) is 267 Å². The minimum atomic E-state index is -2.25. The summed E-state index contributed by atoms with van der Waals surface area (Å²) in [5.41, 5.74) is -18.0. The van der Waals surface area contributed by atoms with Crippen LogP contribution in [0.4, 0.5) is 43.4 Å². The van der Waals surface area contributed by atoms with Gasteiger partial charge in [0.05, 0.1) is 76.9 Å². The number of fused-ring (bicyclic) bond motifs is 22. The number of carboxylic acids is 1. The number of nitriles is 1. The Labute approximate surface area is 796 Å². The zero-order valence-electron chi connectivity index (χ0n) is 76.8. The van der Waals surface area contributed by atoms with Crippen LogP contribution in [0, 0.1) is 115 Å². The van der Waals surface area contributed by atoms with Gasteiger partial charge in [-0.15, -0.1) is 18.0 Å². The van der Waals surface area contributed by atoms with Crippen molar-refractivity contribution in [3.63, 3.8) is 0 Å². The van der Waals surface area contributed by atoms with Gasteiger partial charge in [0.25, 0.3) is 0 Å². The van der Waals surface area contributed by atoms with Crippen LogP contribution in [0.2, 0.25) is 15.1 Å². The van der Waals surface area contributed by atoms with Crippen LogP contribution in [0.15, 0.2) is 199 Å². The molecule has 9 saturated carbocycles. The Bertz CT molecular complexity index is 5820. The van der Waals surface area contributed by atoms with Crippen molar-refractivity contribution in [2.24, 2.45) is 91.2 Å². The van der Waals surface area contributed by atoms with Crippen molar-refractivity contribution < 1.29 is 94.8 Å². The molecule has 29 heteroatoms. The van der Waals surface area contributed by atoms with Crippen LogP contribution in [-0.4, -0.2) is 161 Å². The predicted octanol–water partition coefficient (Wildman–Crippen LogP) is 20.1. The molecule has 12 aliphatic carbocycles. The largest absolute Gasteiger partial charge is 0.479 e. The Morgan fingerprint density at radius 2 is 0.866 bits per heavy atom. The SMILES string of the molecule is C#CC(C)(C)Cl.C=CC(C)(C)OC(=O)[C@@]12ON(c3ccc(Cl)cc3)C[C@@H]1C[C@H]1[C@@H]3C[C@H](F)C4=CC(=O)C=C[C@]4(C)[C@@]3(F)[C@@H](O)C[C@@]12C.CC(C)(C#N)CC(=O)[C@@]12ON(c3ccc(Cl)cc3)C[C@@H]1C[C@H]1[C@@H]3C[C@H](F)C4=CC(=O)C=C[C@]4(C)[C@@]3(F)[C@@H](O)C[C@@]12C.C[C@]12C=CC(=O)C=C1[C@@H](F)C[C@H]1[C@@H]3C[C@H]4CN(c5ccc(Cl)cc5)O[C@@]4(C(=O)O)[C@@]3(C)C[C@H](O)[C@@]12F.c1ccc2ncccc2c1. The fourth-order valence-corrected chi connectivity index (χ4v) is 27.6. The zero-order chi connectivity index (χ0) is 97.4. The van der Waals surface area contributed by atoms with E-state index in [0.29, 0.717) is 64.5 Å². The van der Waals surface area contributed by atoms with E-state index in [-0.39, 0.29) is 79.9 Å². The second-order valence-electron chi connectivity index (χ2n) is 42.4. The number of rotatable bonds is 10. The van der Waals surface area contributed by atoms with Gasteiger partial charge in [-0.25, -0.2) is 35.9 Å². The fourth-order valence-electron chi connectivity index (χ4n) is 27.2. The molecule has 3 saturated heterocycles. The molecular weight excluding hydrogens is 1810 g/mol. The number of carbonyl (C=O) groups excluding carboxylic acids is 5. The second kappa shape index (κ2) is 34.0. The molecule has 0 unspecified atom stereocenters. The third kappa shape index (κ3) is 14.8. The van der Waals surface area contributed by atoms with E-state index < -0.39 is 196 Å². The number of aliphatic hydroxyl groups is 3. The number of ketones is 4. The van der Waals surface area contributed by atoms with Gasteiger partial charge in [-0.2, -0.15) is 5.26 Å². The molecule has 134 heavy (non-hydrogen) atoms. The maximum Gasteiger partial charge on any atom is 0.343 e. The summed E-state index contributed by atoms with van der Waals surface area (Å²) in [5, 5.41) is 63.0. The lowest BCUT2D eigenvalue weighted by atomic mass is 9.44. The number of aliphatic hydroxyl groups excluding tert-OH is 3. The first-order valence-corrected chi connectivity index (χ1v) is 47.2. The van der Waals surface area contributed by atoms with Gasteiger partial charge in [0, 0.05) is 101 Å². The van der Waals surface area contributed by atoms with E-state index >= 15 is 26.3 Å². The summed E-state index contributed by atoms with van der Waals surface area (Å²) < 4.78 is 106. The highest BCUT2D eigenvalue weighted by atomic mass is 35.5. The number of hydroxylamine groups is 3. The number of aromatic nitrogens is 1. The van der Waals surface area contributed by atoms with Crippen molar-refractivity contribution >= 4 is 109 Å². The number of carboxylic acid groups (broad SMARTS) is 1. The number of Topliss-reactive ketones (excluding diaryl/α,β-unsaturated/α-hetero) is 1. The van der Waals surface area contributed by atoms with Gasteiger partial charge in [0.2, 0.25) is 11.2 Å². The summed E-state index contributed by atoms with van der Waals surface area (Å²) in [6, 6.07) is 35.2. The van der Waals surface area contributed by atoms with Crippen molar-refractivity contribution in [3.8, 4) is 18.4 Å². The zero-order valence-corrected chi connectivity index (χ0v) is 79.8. The van der Waals surface area contributed by atoms with Gasteiger partial charge in [0.15, 0.2) is 45.7 Å². The maximum atomic E-state index is 17.6. The number of anilines is 3. The molecule has 19 nitrogen and oxygen atoms in total. The Kier molecular flexibility index (Phi) is 24.9. The summed E-state index contributed by atoms with van der Waals surface area (Å²) in [6.45, 7) is 25.2. The maximum absolute atomic E-state index is 17.6. The Morgan fingerprint density at radius 3 is 1.22 bits per heavy atom. The molecule has 0 bridgehead atoms. The number of hydrogen-bond acceptors (Lipinski definition) is 18. The summed E-state index contributed by atoms with van der Waals surface area (Å²) in [6.07, 6.45) is 10.4. The monoisotopic (exact) mass is 1920 g/mol. The van der Waals surface area contributed by atoms with Gasteiger partial charge in [-0.3, -0.25) is 53.9 Å². The van der Waals surface area contributed by atoms with E-state index in [1.54, 1.807) is 145 Å². The van der Waals surface area contributed by atoms with Crippen molar-refractivity contribution in [1.29, 1.82) is 5.26 Å². The number of aliphatic carboxylic acids is 1. The van der Waals surface area contributed by atoms with Crippen molar-refractivity contribution in [2.75, 3.05) is 34.8 Å². The molecule has 712 valence electrons. The summed E-state index contributed by atoms with van der Waals surface area (Å²) in [4.78, 5) is 101. The normalized spacial score (nSPS) is 40.2. The molecule has 27 atom stereocenters. The van der Waals surface area contributed by atoms with Crippen LogP contribution in [0.5, 0.6) is 0 Å². The third-order valence-electron chi connectivity index (χ3n) is 33.8. The summed E-state index contributed by atoms with van der Waals surface area (Å²) in [5.74, 6) is -6.51. The smallest absolute Gasteiger partial charge is 0.343 e. The van der Waals surface area contributed by atoms with Gasteiger partial charge < -0.3 is 25.2 Å². The number of allylic oxidation sites excluding steroid dienone is 12. The van der Waals surface area contributed by atoms with Crippen molar-refractivity contribution in [3.05, 3.63) is 215 Å². The Balaban J connectivity index is 0.000000135. The first-order chi connectivity index (χ1) is 62.7. The predicted molar refractivity (Wildman–Crippen MR) is 498 cm³/mol. The molecule has 0 radical (unpaired) electrons. The van der Waals surface area contributed by atoms with Crippen LogP contribution >= 0.6 is 46.4 Å². The fraction of sp³-hybridized carbons (Fsp3) is 0.524. The first-order valence-electron chi connectivity index (χ1n) is 45.7. The molecule has 1 aromatic heterocycles. The van der Waals surface area contributed by atoms with E-state index in [1.807, 2.05) is 44.3 Å². The van der Waals surface area contributed by atoms with Crippen LogP contribution < -0.4 is 15.2 Å². The average molecular weight is 1920 g/mol. The van der Waals surface area contributed by atoms with Crippen LogP contribution in [0.1, 0.15) is 147 Å². The number of para-hydroxylation sites is 1. The third-order valence-corrected chi connectivity index (χ3v) is 34.7. The molecular formula is C105H113Cl4F6N5O14. The van der Waals surface area contributed by atoms with Crippen molar-refractivity contribution in [1.82, 2.24) is 4.98 Å². The van der Waals surface area contributed by atoms with Crippen molar-refractivity contribution in [2.45, 2.75) is 228 Å². The van der Waals surface area contributed by atoms with Gasteiger partial charge in [-0.05, 0) is 282 Å². The average Bonchev–Trinajstić information content (AvgIpc) is 1.47. The number of ether oxygens (including phenoxy) is 1. The summed E-state index contributed by atoms with van der Waals surface area (Å²) in [7, 11) is 0. The van der Waals surface area contributed by atoms with E-state index in [4.69, 9.17) is 72.1 Å².